The maximum atomic E-state index is 12.4. The molecule has 6 heteroatoms. The molecule has 0 unspecified atom stereocenters. The van der Waals surface area contributed by atoms with Crippen LogP contribution in [0.25, 0.3) is 0 Å². The quantitative estimate of drug-likeness (QED) is 0.477. The number of methoxy groups -OCH3 is 1. The van der Waals surface area contributed by atoms with Gasteiger partial charge in [-0.1, -0.05) is 12.1 Å². The fourth-order valence-electron chi connectivity index (χ4n) is 2.12. The zero-order valence-corrected chi connectivity index (χ0v) is 14.8. The van der Waals surface area contributed by atoms with Crippen LogP contribution < -0.4 is 4.90 Å². The number of ether oxygens (including phenoxy) is 1. The summed E-state index contributed by atoms with van der Waals surface area (Å²) >= 11 is 0. The minimum absolute atomic E-state index is 0.201. The number of hydrazone groups is 1. The topological polar surface area (TPSA) is 62.2 Å². The van der Waals surface area contributed by atoms with Gasteiger partial charge in [-0.05, 0) is 42.0 Å². The van der Waals surface area contributed by atoms with Crippen molar-refractivity contribution in [1.29, 1.82) is 0 Å². The fraction of sp³-hybridized carbons (Fsp3) is 0.211. The summed E-state index contributed by atoms with van der Waals surface area (Å²) in [5.74, 6) is -0.593. The Bertz CT molecular complexity index is 766. The van der Waals surface area contributed by atoms with Crippen molar-refractivity contribution in [2.24, 2.45) is 5.10 Å². The Morgan fingerprint density at radius 1 is 0.920 bits per heavy atom. The molecule has 2 rings (SSSR count). The average Bonchev–Trinajstić information content (AvgIpc) is 2.65. The molecule has 0 atom stereocenters. The number of benzene rings is 2. The molecule has 0 radical (unpaired) electrons. The van der Waals surface area contributed by atoms with E-state index >= 15 is 0 Å². The van der Waals surface area contributed by atoms with Crippen molar-refractivity contribution in [3.05, 3.63) is 65.2 Å². The van der Waals surface area contributed by atoms with Gasteiger partial charge in [-0.3, -0.25) is 4.79 Å². The smallest absolute Gasteiger partial charge is 0.337 e. The van der Waals surface area contributed by atoms with Crippen LogP contribution in [0.3, 0.4) is 0 Å². The molecule has 25 heavy (non-hydrogen) atoms. The molecule has 0 saturated heterocycles. The van der Waals surface area contributed by atoms with Gasteiger partial charge in [-0.25, -0.2) is 9.80 Å². The van der Waals surface area contributed by atoms with Gasteiger partial charge < -0.3 is 9.64 Å². The van der Waals surface area contributed by atoms with E-state index in [1.165, 1.54) is 12.1 Å². The number of hydrogen-bond acceptors (Lipinski definition) is 5. The molecule has 2 aromatic rings. The van der Waals surface area contributed by atoms with Crippen LogP contribution in [0, 0.1) is 0 Å². The molecule has 0 fully saturated rings. The second kappa shape index (κ2) is 8.10. The first-order chi connectivity index (χ1) is 11.9. The molecule has 0 saturated carbocycles. The van der Waals surface area contributed by atoms with E-state index in [2.05, 4.69) is 9.84 Å². The lowest BCUT2D eigenvalue weighted by Crippen LogP contribution is -2.21. The number of carbonyl (C=O) groups is 2. The van der Waals surface area contributed by atoms with Crippen LogP contribution in [0.4, 0.5) is 5.69 Å². The van der Waals surface area contributed by atoms with E-state index in [1.807, 2.05) is 31.1 Å². The van der Waals surface area contributed by atoms with E-state index in [0.29, 0.717) is 11.1 Å². The summed E-state index contributed by atoms with van der Waals surface area (Å²) in [6.45, 7) is 0. The molecule has 0 aromatic heterocycles. The molecule has 6 nitrogen and oxygen atoms in total. The Balaban J connectivity index is 2.04. The second-order valence-corrected chi connectivity index (χ2v) is 5.63. The van der Waals surface area contributed by atoms with Gasteiger partial charge in [0.1, 0.15) is 0 Å². The molecule has 0 spiro atoms. The summed E-state index contributed by atoms with van der Waals surface area (Å²) < 4.78 is 4.65. The predicted molar refractivity (Wildman–Crippen MR) is 98.2 cm³/mol. The monoisotopic (exact) mass is 339 g/mol. The van der Waals surface area contributed by atoms with Gasteiger partial charge in [0.05, 0.1) is 18.9 Å². The Hall–Kier alpha value is -3.15. The Morgan fingerprint density at radius 2 is 1.48 bits per heavy atom. The van der Waals surface area contributed by atoms with Gasteiger partial charge in [0.15, 0.2) is 0 Å². The summed E-state index contributed by atoms with van der Waals surface area (Å²) in [4.78, 5) is 25.7. The molecule has 0 heterocycles. The third-order valence-electron chi connectivity index (χ3n) is 3.64. The van der Waals surface area contributed by atoms with Crippen molar-refractivity contribution in [2.45, 2.75) is 0 Å². The Kier molecular flexibility index (Phi) is 5.89. The number of anilines is 1. The van der Waals surface area contributed by atoms with Gasteiger partial charge in [0, 0.05) is 32.4 Å². The maximum Gasteiger partial charge on any atom is 0.337 e. The number of esters is 1. The van der Waals surface area contributed by atoms with Crippen LogP contribution in [-0.4, -0.2) is 51.4 Å². The van der Waals surface area contributed by atoms with Gasteiger partial charge in [0.2, 0.25) is 0 Å². The van der Waals surface area contributed by atoms with Gasteiger partial charge in [-0.2, -0.15) is 5.10 Å². The van der Waals surface area contributed by atoms with Crippen molar-refractivity contribution in [1.82, 2.24) is 5.01 Å². The lowest BCUT2D eigenvalue weighted by atomic mass is 10.1. The van der Waals surface area contributed by atoms with E-state index in [4.69, 9.17) is 0 Å². The zero-order valence-electron chi connectivity index (χ0n) is 14.8. The van der Waals surface area contributed by atoms with Crippen LogP contribution in [0.2, 0.25) is 0 Å². The molecule has 0 N–H and O–H groups in total. The first-order valence-corrected chi connectivity index (χ1v) is 7.70. The van der Waals surface area contributed by atoms with Crippen molar-refractivity contribution >= 4 is 23.8 Å². The number of carbonyl (C=O) groups excluding carboxylic acids is 2. The van der Waals surface area contributed by atoms with Crippen LogP contribution in [0.15, 0.2) is 53.6 Å². The molecular formula is C19H21N3O3. The lowest BCUT2D eigenvalue weighted by molar-refractivity contribution is 0.0600. The summed E-state index contributed by atoms with van der Waals surface area (Å²) in [6.07, 6.45) is 1.56. The van der Waals surface area contributed by atoms with E-state index in [1.54, 1.807) is 49.7 Å². The third-order valence-corrected chi connectivity index (χ3v) is 3.64. The van der Waals surface area contributed by atoms with Crippen molar-refractivity contribution in [3.8, 4) is 0 Å². The van der Waals surface area contributed by atoms with Crippen LogP contribution in [-0.2, 0) is 4.74 Å². The number of amides is 1. The van der Waals surface area contributed by atoms with Crippen LogP contribution >= 0.6 is 0 Å². The molecule has 130 valence electrons. The average molecular weight is 339 g/mol. The highest BCUT2D eigenvalue weighted by molar-refractivity contribution is 5.95. The highest BCUT2D eigenvalue weighted by atomic mass is 16.5. The summed E-state index contributed by atoms with van der Waals surface area (Å²) in [7, 11) is 6.82. The zero-order chi connectivity index (χ0) is 18.4. The SMILES string of the molecule is COC(=O)c1ccc(/C=N/N(C)C(=O)c2ccc(N(C)C)cc2)cc1. The van der Waals surface area contributed by atoms with E-state index in [0.717, 1.165) is 11.3 Å². The largest absolute Gasteiger partial charge is 0.465 e. The summed E-state index contributed by atoms with van der Waals surface area (Å²) in [6, 6.07) is 14.1. The minimum Gasteiger partial charge on any atom is -0.465 e. The first kappa shape index (κ1) is 18.2. The van der Waals surface area contributed by atoms with Crippen LogP contribution in [0.5, 0.6) is 0 Å². The van der Waals surface area contributed by atoms with E-state index in [9.17, 15) is 9.59 Å². The van der Waals surface area contributed by atoms with Gasteiger partial charge >= 0.3 is 5.97 Å². The highest BCUT2D eigenvalue weighted by Gasteiger charge is 2.10. The molecule has 1 amide bonds. The normalized spacial score (nSPS) is 10.6. The number of hydrogen-bond donors (Lipinski definition) is 0. The Labute approximate surface area is 147 Å². The lowest BCUT2D eigenvalue weighted by Gasteiger charge is -2.14. The maximum absolute atomic E-state index is 12.4. The summed E-state index contributed by atoms with van der Waals surface area (Å²) in [5.41, 5.74) is 2.82. The predicted octanol–water partition coefficient (Wildman–Crippen LogP) is 2.65. The second-order valence-electron chi connectivity index (χ2n) is 5.63. The minimum atomic E-state index is -0.392. The van der Waals surface area contributed by atoms with Crippen molar-refractivity contribution in [3.63, 3.8) is 0 Å². The van der Waals surface area contributed by atoms with E-state index in [-0.39, 0.29) is 5.91 Å². The number of nitrogens with zero attached hydrogens (tertiary/aromatic N) is 3. The molecule has 0 aliphatic rings. The Morgan fingerprint density at radius 3 is 2.00 bits per heavy atom. The van der Waals surface area contributed by atoms with Crippen LogP contribution in [0.1, 0.15) is 26.3 Å². The standard InChI is InChI=1S/C19H21N3O3/c1-21(2)17-11-9-15(10-12-17)18(23)22(3)20-13-14-5-7-16(8-6-14)19(24)25-4/h5-13H,1-4H3/b20-13+. The molecular weight excluding hydrogens is 318 g/mol. The first-order valence-electron chi connectivity index (χ1n) is 7.70. The van der Waals surface area contributed by atoms with Gasteiger partial charge in [-0.15, -0.1) is 0 Å². The van der Waals surface area contributed by atoms with Crippen molar-refractivity contribution < 1.29 is 14.3 Å². The molecule has 2 aromatic carbocycles. The van der Waals surface area contributed by atoms with E-state index < -0.39 is 5.97 Å². The number of rotatable bonds is 5. The molecule has 0 bridgehead atoms. The molecule has 0 aliphatic carbocycles. The third kappa shape index (κ3) is 4.67. The fourth-order valence-corrected chi connectivity index (χ4v) is 2.12. The molecule has 0 aliphatic heterocycles. The summed E-state index contributed by atoms with van der Waals surface area (Å²) in [5, 5.41) is 5.43. The highest BCUT2D eigenvalue weighted by Crippen LogP contribution is 2.13. The van der Waals surface area contributed by atoms with Crippen molar-refractivity contribution in [2.75, 3.05) is 33.2 Å². The van der Waals surface area contributed by atoms with Gasteiger partial charge in [0.25, 0.3) is 5.91 Å².